The van der Waals surface area contributed by atoms with Crippen molar-refractivity contribution in [1.82, 2.24) is 9.97 Å². The van der Waals surface area contributed by atoms with Crippen LogP contribution in [-0.2, 0) is 5.41 Å². The summed E-state index contributed by atoms with van der Waals surface area (Å²) in [6.45, 7) is 4.58. The van der Waals surface area contributed by atoms with Gasteiger partial charge in [-0.1, -0.05) is 6.07 Å². The Labute approximate surface area is 203 Å². The van der Waals surface area contributed by atoms with Crippen LogP contribution in [0.25, 0.3) is 11.1 Å². The molecule has 0 bridgehead atoms. The van der Waals surface area contributed by atoms with Crippen LogP contribution in [0.3, 0.4) is 0 Å². The highest BCUT2D eigenvalue weighted by atomic mass is 16.3. The summed E-state index contributed by atoms with van der Waals surface area (Å²) in [5, 5.41) is 32.1. The number of amides is 1. The first-order valence-electron chi connectivity index (χ1n) is 11.4. The van der Waals surface area contributed by atoms with E-state index in [9.17, 15) is 20.4 Å². The van der Waals surface area contributed by atoms with Gasteiger partial charge in [0.05, 0.1) is 28.3 Å². The number of β-amino-alcohol motifs (C(OH)–C–C–N with tert-alkyl or cyclic N) is 1. The third kappa shape index (κ3) is 4.21. The predicted molar refractivity (Wildman–Crippen MR) is 131 cm³/mol. The van der Waals surface area contributed by atoms with Gasteiger partial charge in [0.15, 0.2) is 0 Å². The van der Waals surface area contributed by atoms with Gasteiger partial charge in [0.1, 0.15) is 11.9 Å². The van der Waals surface area contributed by atoms with Gasteiger partial charge in [-0.3, -0.25) is 9.78 Å². The first-order chi connectivity index (χ1) is 16.7. The van der Waals surface area contributed by atoms with Crippen molar-refractivity contribution >= 4 is 17.4 Å². The highest BCUT2D eigenvalue weighted by molar-refractivity contribution is 6.04. The van der Waals surface area contributed by atoms with E-state index in [1.807, 2.05) is 30.0 Å². The summed E-state index contributed by atoms with van der Waals surface area (Å²) >= 11 is 0. The molecule has 2 aliphatic rings. The molecule has 2 aromatic heterocycles. The van der Waals surface area contributed by atoms with Crippen LogP contribution in [0.4, 0.5) is 11.5 Å². The molecule has 1 amide bonds. The van der Waals surface area contributed by atoms with Crippen LogP contribution in [0.2, 0.25) is 0 Å². The van der Waals surface area contributed by atoms with E-state index in [1.165, 1.54) is 0 Å². The largest absolute Gasteiger partial charge is 0.386 e. The number of aliphatic hydroxyl groups is 1. The minimum absolute atomic E-state index is 0.284. The molecular weight excluding hydrogens is 440 g/mol. The highest BCUT2D eigenvalue weighted by Crippen LogP contribution is 2.46. The number of pyridine rings is 2. The summed E-state index contributed by atoms with van der Waals surface area (Å²) in [6, 6.07) is 15.2. The fourth-order valence-electron chi connectivity index (χ4n) is 4.46. The Morgan fingerprint density at radius 3 is 2.57 bits per heavy atom. The molecule has 2 fully saturated rings. The topological polar surface area (TPSA) is 126 Å². The normalized spacial score (nSPS) is 17.0. The Morgan fingerprint density at radius 1 is 1.14 bits per heavy atom. The number of hydrogen-bond donors (Lipinski definition) is 2. The first-order valence-corrected chi connectivity index (χ1v) is 11.4. The van der Waals surface area contributed by atoms with Gasteiger partial charge in [-0.25, -0.2) is 4.98 Å². The summed E-state index contributed by atoms with van der Waals surface area (Å²) in [7, 11) is 0. The molecule has 0 atom stereocenters. The Balaban J connectivity index is 1.39. The van der Waals surface area contributed by atoms with E-state index in [0.29, 0.717) is 41.4 Å². The molecule has 0 spiro atoms. The van der Waals surface area contributed by atoms with E-state index in [0.717, 1.165) is 29.5 Å². The lowest BCUT2D eigenvalue weighted by molar-refractivity contribution is 0.0305. The van der Waals surface area contributed by atoms with Crippen LogP contribution < -0.4 is 10.2 Å². The quantitative estimate of drug-likeness (QED) is 0.589. The number of nitrogens with zero attached hydrogens (tertiary/aromatic N) is 5. The molecule has 5 rings (SSSR count). The molecule has 8 heteroatoms. The summed E-state index contributed by atoms with van der Waals surface area (Å²) in [5.74, 6) is 0.275. The summed E-state index contributed by atoms with van der Waals surface area (Å²) in [6.07, 6.45) is 4.80. The smallest absolute Gasteiger partial charge is 0.255 e. The van der Waals surface area contributed by atoms with Crippen LogP contribution in [0.5, 0.6) is 0 Å². The Morgan fingerprint density at radius 2 is 1.91 bits per heavy atom. The fourth-order valence-corrected chi connectivity index (χ4v) is 4.46. The molecule has 1 saturated carbocycles. The number of carbonyl (C=O) groups is 1. The van der Waals surface area contributed by atoms with Crippen molar-refractivity contribution in [2.75, 3.05) is 23.3 Å². The fraction of sp³-hybridized carbons (Fsp3) is 0.296. The molecular formula is C27H24N6O2. The predicted octanol–water partition coefficient (Wildman–Crippen LogP) is 3.70. The molecule has 35 heavy (non-hydrogen) atoms. The van der Waals surface area contributed by atoms with Crippen LogP contribution >= 0.6 is 0 Å². The molecule has 2 N–H and O–H groups in total. The second kappa shape index (κ2) is 8.19. The molecule has 1 aliphatic carbocycles. The number of anilines is 2. The number of benzene rings is 1. The van der Waals surface area contributed by atoms with Gasteiger partial charge < -0.3 is 15.3 Å². The van der Waals surface area contributed by atoms with Crippen LogP contribution in [0, 0.1) is 29.6 Å². The zero-order valence-electron chi connectivity index (χ0n) is 19.5. The lowest BCUT2D eigenvalue weighted by Gasteiger charge is -2.45. The summed E-state index contributed by atoms with van der Waals surface area (Å²) in [4.78, 5) is 23.6. The molecule has 8 nitrogen and oxygen atoms in total. The minimum Gasteiger partial charge on any atom is -0.386 e. The number of aryl methyl sites for hydroxylation is 1. The number of aromatic nitrogens is 2. The standard InChI is InChI=1S/C27H24N6O2/c1-17-3-4-21(32-25(34)18-5-8-30-23(10-18)27(14-29)6-7-27)11-22(17)20-9-19(12-28)24(31-13-20)33-15-26(2,35)16-33/h3-5,8-11,13,35H,6-7,15-16H2,1-2H3,(H,32,34). The second-order valence-corrected chi connectivity index (χ2v) is 9.67. The van der Waals surface area contributed by atoms with Crippen molar-refractivity contribution in [3.8, 4) is 23.3 Å². The average Bonchev–Trinajstić information content (AvgIpc) is 3.65. The maximum Gasteiger partial charge on any atom is 0.255 e. The highest BCUT2D eigenvalue weighted by Gasteiger charge is 2.46. The molecule has 3 aromatic rings. The van der Waals surface area contributed by atoms with Gasteiger partial charge in [0.2, 0.25) is 0 Å². The molecule has 0 radical (unpaired) electrons. The first kappa shape index (κ1) is 22.5. The maximum absolute atomic E-state index is 12.9. The van der Waals surface area contributed by atoms with E-state index < -0.39 is 11.0 Å². The van der Waals surface area contributed by atoms with E-state index >= 15 is 0 Å². The van der Waals surface area contributed by atoms with Crippen molar-refractivity contribution in [1.29, 1.82) is 10.5 Å². The van der Waals surface area contributed by atoms with E-state index in [4.69, 9.17) is 0 Å². The number of carbonyl (C=O) groups excluding carboxylic acids is 1. The summed E-state index contributed by atoms with van der Waals surface area (Å²) in [5.41, 5.74) is 3.39. The number of hydrogen-bond acceptors (Lipinski definition) is 7. The van der Waals surface area contributed by atoms with Crippen LogP contribution in [0.1, 0.15) is 46.9 Å². The van der Waals surface area contributed by atoms with Crippen molar-refractivity contribution in [2.24, 2.45) is 0 Å². The Bertz CT molecular complexity index is 1420. The second-order valence-electron chi connectivity index (χ2n) is 9.67. The lowest BCUT2D eigenvalue weighted by atomic mass is 9.95. The number of nitrogens with one attached hydrogen (secondary N) is 1. The van der Waals surface area contributed by atoms with Gasteiger partial charge in [-0.2, -0.15) is 10.5 Å². The van der Waals surface area contributed by atoms with Crippen LogP contribution in [0.15, 0.2) is 48.8 Å². The molecule has 1 saturated heterocycles. The molecule has 1 aromatic carbocycles. The van der Waals surface area contributed by atoms with Crippen molar-refractivity contribution in [3.63, 3.8) is 0 Å². The third-order valence-electron chi connectivity index (χ3n) is 6.63. The van der Waals surface area contributed by atoms with Gasteiger partial charge in [0.25, 0.3) is 5.91 Å². The summed E-state index contributed by atoms with van der Waals surface area (Å²) < 4.78 is 0. The molecule has 3 heterocycles. The van der Waals surface area contributed by atoms with Crippen LogP contribution in [-0.4, -0.2) is 39.7 Å². The van der Waals surface area contributed by atoms with Gasteiger partial charge in [-0.15, -0.1) is 0 Å². The Hall–Kier alpha value is -4.27. The molecule has 0 unspecified atom stereocenters. The van der Waals surface area contributed by atoms with E-state index in [-0.39, 0.29) is 5.91 Å². The molecule has 1 aliphatic heterocycles. The maximum atomic E-state index is 12.9. The van der Waals surface area contributed by atoms with E-state index in [2.05, 4.69) is 27.4 Å². The molecule has 174 valence electrons. The average molecular weight is 465 g/mol. The van der Waals surface area contributed by atoms with Crippen molar-refractivity contribution in [2.45, 2.75) is 37.7 Å². The van der Waals surface area contributed by atoms with Gasteiger partial charge in [-0.05, 0) is 68.1 Å². The minimum atomic E-state index is -0.764. The van der Waals surface area contributed by atoms with Gasteiger partial charge in [0, 0.05) is 42.3 Å². The third-order valence-corrected chi connectivity index (χ3v) is 6.63. The van der Waals surface area contributed by atoms with Crippen molar-refractivity contribution in [3.05, 3.63) is 71.2 Å². The zero-order chi connectivity index (χ0) is 24.8. The SMILES string of the molecule is Cc1ccc(NC(=O)c2ccnc(C3(C#N)CC3)c2)cc1-c1cnc(N2CC(C)(O)C2)c(C#N)c1. The number of nitriles is 2. The van der Waals surface area contributed by atoms with Crippen molar-refractivity contribution < 1.29 is 9.90 Å². The lowest BCUT2D eigenvalue weighted by Crippen LogP contribution is -2.60. The van der Waals surface area contributed by atoms with E-state index in [1.54, 1.807) is 37.5 Å². The number of rotatable bonds is 5. The zero-order valence-corrected chi connectivity index (χ0v) is 19.5. The Kier molecular flexibility index (Phi) is 5.27. The monoisotopic (exact) mass is 464 g/mol. The van der Waals surface area contributed by atoms with Gasteiger partial charge >= 0.3 is 0 Å².